The second kappa shape index (κ2) is 6.75. The zero-order valence-electron chi connectivity index (χ0n) is 13.8. The number of hydrogen-bond acceptors (Lipinski definition) is 5. The Labute approximate surface area is 149 Å². The summed E-state index contributed by atoms with van der Waals surface area (Å²) in [6.07, 6.45) is 2.74. The maximum absolute atomic E-state index is 12.4. The van der Waals surface area contributed by atoms with Gasteiger partial charge in [-0.3, -0.25) is 19.9 Å². The summed E-state index contributed by atoms with van der Waals surface area (Å²) in [5.74, 6) is 0.262. The lowest BCUT2D eigenvalue weighted by Gasteiger charge is -2.28. The third kappa shape index (κ3) is 3.16. The van der Waals surface area contributed by atoms with E-state index in [1.165, 1.54) is 4.90 Å². The minimum Gasteiger partial charge on any atom is -0.306 e. The van der Waals surface area contributed by atoms with Gasteiger partial charge in [0.2, 0.25) is 17.8 Å². The van der Waals surface area contributed by atoms with E-state index in [1.807, 2.05) is 30.3 Å². The fourth-order valence-electron chi connectivity index (χ4n) is 2.92. The number of carbonyl (C=O) groups is 2. The normalized spacial score (nSPS) is 13.4. The first-order valence-corrected chi connectivity index (χ1v) is 8.23. The third-order valence-corrected chi connectivity index (χ3v) is 4.15. The number of pyridine rings is 1. The Balaban J connectivity index is 1.47. The Morgan fingerprint density at radius 3 is 2.81 bits per heavy atom. The molecule has 4 rings (SSSR count). The first-order valence-electron chi connectivity index (χ1n) is 8.23. The zero-order chi connectivity index (χ0) is 17.9. The zero-order valence-corrected chi connectivity index (χ0v) is 13.8. The highest BCUT2D eigenvalue weighted by atomic mass is 16.2. The van der Waals surface area contributed by atoms with Crippen molar-refractivity contribution in [2.24, 2.45) is 0 Å². The predicted molar refractivity (Wildman–Crippen MR) is 95.4 cm³/mol. The van der Waals surface area contributed by atoms with E-state index in [-0.39, 0.29) is 24.3 Å². The van der Waals surface area contributed by atoms with Crippen molar-refractivity contribution in [1.82, 2.24) is 20.2 Å². The summed E-state index contributed by atoms with van der Waals surface area (Å²) in [4.78, 5) is 33.2. The topological polar surface area (TPSA) is 104 Å². The number of amides is 2. The summed E-state index contributed by atoms with van der Waals surface area (Å²) in [6, 6.07) is 13.0. The fraction of sp³-hybridized carbons (Fsp3) is 0.167. The molecule has 1 aliphatic heterocycles. The van der Waals surface area contributed by atoms with Crippen molar-refractivity contribution in [2.75, 3.05) is 16.8 Å². The van der Waals surface area contributed by atoms with Gasteiger partial charge in [0, 0.05) is 18.3 Å². The van der Waals surface area contributed by atoms with E-state index in [1.54, 1.807) is 18.3 Å². The highest BCUT2D eigenvalue weighted by Crippen LogP contribution is 2.27. The number of rotatable bonds is 4. The number of fused-ring (bicyclic) bond motifs is 1. The molecule has 1 aromatic carbocycles. The second-order valence-electron chi connectivity index (χ2n) is 5.89. The smallest absolute Gasteiger partial charge is 0.246 e. The van der Waals surface area contributed by atoms with Crippen LogP contribution in [0.3, 0.4) is 0 Å². The number of aromatic amines is 1. The lowest BCUT2D eigenvalue weighted by Crippen LogP contribution is -2.41. The molecule has 1 aliphatic rings. The molecule has 2 aromatic heterocycles. The predicted octanol–water partition coefficient (Wildman–Crippen LogP) is 1.78. The molecule has 0 saturated carbocycles. The van der Waals surface area contributed by atoms with Crippen LogP contribution in [0, 0.1) is 0 Å². The summed E-state index contributed by atoms with van der Waals surface area (Å²) in [5, 5.41) is 10.5. The molecule has 0 unspecified atom stereocenters. The van der Waals surface area contributed by atoms with Crippen molar-refractivity contribution in [3.63, 3.8) is 0 Å². The van der Waals surface area contributed by atoms with Crippen LogP contribution in [-0.4, -0.2) is 38.5 Å². The molecule has 0 aliphatic carbocycles. The van der Waals surface area contributed by atoms with Crippen LogP contribution in [0.1, 0.15) is 12.0 Å². The third-order valence-electron chi connectivity index (χ3n) is 4.15. The molecule has 130 valence electrons. The molecule has 0 spiro atoms. The van der Waals surface area contributed by atoms with Gasteiger partial charge in [0.05, 0.1) is 0 Å². The molecule has 26 heavy (non-hydrogen) atoms. The molecule has 0 atom stereocenters. The van der Waals surface area contributed by atoms with E-state index < -0.39 is 0 Å². The highest BCUT2D eigenvalue weighted by molar-refractivity contribution is 6.03. The number of hydrogen-bond donors (Lipinski definition) is 2. The number of anilines is 2. The van der Waals surface area contributed by atoms with E-state index in [2.05, 4.69) is 25.5 Å². The van der Waals surface area contributed by atoms with Crippen molar-refractivity contribution in [3.05, 3.63) is 54.2 Å². The maximum Gasteiger partial charge on any atom is 0.246 e. The summed E-state index contributed by atoms with van der Waals surface area (Å²) < 4.78 is 0. The molecule has 0 radical (unpaired) electrons. The van der Waals surface area contributed by atoms with E-state index in [0.717, 1.165) is 11.3 Å². The van der Waals surface area contributed by atoms with Crippen LogP contribution in [0.15, 0.2) is 48.7 Å². The number of para-hydroxylation sites is 1. The summed E-state index contributed by atoms with van der Waals surface area (Å²) in [6.45, 7) is -0.0739. The van der Waals surface area contributed by atoms with Crippen LogP contribution < -0.4 is 10.2 Å². The Hall–Kier alpha value is -3.55. The summed E-state index contributed by atoms with van der Waals surface area (Å²) in [5.41, 5.74) is 2.48. The van der Waals surface area contributed by atoms with Gasteiger partial charge in [-0.05, 0) is 30.2 Å². The van der Waals surface area contributed by atoms with E-state index >= 15 is 0 Å². The molecule has 0 bridgehead atoms. The molecule has 2 amide bonds. The molecule has 3 aromatic rings. The second-order valence-corrected chi connectivity index (χ2v) is 5.89. The average Bonchev–Trinajstić information content (AvgIpc) is 3.13. The minimum absolute atomic E-state index is 0.0643. The van der Waals surface area contributed by atoms with Crippen LogP contribution >= 0.6 is 0 Å². The van der Waals surface area contributed by atoms with Crippen LogP contribution in [-0.2, 0) is 16.0 Å². The fourth-order valence-corrected chi connectivity index (χ4v) is 2.92. The van der Waals surface area contributed by atoms with Crippen molar-refractivity contribution < 1.29 is 9.59 Å². The van der Waals surface area contributed by atoms with Crippen LogP contribution in [0.2, 0.25) is 0 Å². The minimum atomic E-state index is -0.348. The molecule has 2 N–H and O–H groups in total. The molecule has 8 nitrogen and oxygen atoms in total. The van der Waals surface area contributed by atoms with Crippen LogP contribution in [0.25, 0.3) is 11.5 Å². The number of carbonyl (C=O) groups excluding carboxylic acids is 2. The van der Waals surface area contributed by atoms with Gasteiger partial charge in [-0.2, -0.15) is 0 Å². The highest BCUT2D eigenvalue weighted by Gasteiger charge is 2.25. The first-order chi connectivity index (χ1) is 12.7. The van der Waals surface area contributed by atoms with Gasteiger partial charge in [0.1, 0.15) is 12.2 Å². The standard InChI is InChI=1S/C18H16N6O2/c25-15(11-24-14-7-2-1-5-12(14)8-9-16(24)26)20-18-21-17(22-23-18)13-6-3-4-10-19-13/h1-7,10H,8-9,11H2,(H2,20,21,22,23,25). The SMILES string of the molecule is O=C(CN1C(=O)CCc2ccccc21)Nc1nnc(-c2ccccn2)[nH]1. The van der Waals surface area contributed by atoms with Gasteiger partial charge >= 0.3 is 0 Å². The van der Waals surface area contributed by atoms with E-state index in [0.29, 0.717) is 24.4 Å². The lowest BCUT2D eigenvalue weighted by atomic mass is 10.0. The number of aryl methyl sites for hydroxylation is 1. The van der Waals surface area contributed by atoms with Crippen molar-refractivity contribution >= 4 is 23.5 Å². The Morgan fingerprint density at radius 1 is 1.12 bits per heavy atom. The number of aromatic nitrogens is 4. The van der Waals surface area contributed by atoms with Crippen molar-refractivity contribution in [2.45, 2.75) is 12.8 Å². The lowest BCUT2D eigenvalue weighted by molar-refractivity contribution is -0.121. The van der Waals surface area contributed by atoms with Crippen molar-refractivity contribution in [3.8, 4) is 11.5 Å². The maximum atomic E-state index is 12.4. The van der Waals surface area contributed by atoms with E-state index in [4.69, 9.17) is 0 Å². The van der Waals surface area contributed by atoms with Gasteiger partial charge in [0.15, 0.2) is 5.82 Å². The number of nitrogens with zero attached hydrogens (tertiary/aromatic N) is 4. The molecule has 0 fully saturated rings. The van der Waals surface area contributed by atoms with Crippen LogP contribution in [0.4, 0.5) is 11.6 Å². The van der Waals surface area contributed by atoms with E-state index in [9.17, 15) is 9.59 Å². The number of H-pyrrole nitrogens is 1. The largest absolute Gasteiger partial charge is 0.306 e. The Morgan fingerprint density at radius 2 is 1.96 bits per heavy atom. The molecule has 3 heterocycles. The molecule has 0 saturated heterocycles. The molecule has 8 heteroatoms. The number of nitrogens with one attached hydrogen (secondary N) is 2. The monoisotopic (exact) mass is 348 g/mol. The van der Waals surface area contributed by atoms with Crippen molar-refractivity contribution in [1.29, 1.82) is 0 Å². The van der Waals surface area contributed by atoms with Gasteiger partial charge in [-0.25, -0.2) is 0 Å². The summed E-state index contributed by atoms with van der Waals surface area (Å²) in [7, 11) is 0. The number of benzene rings is 1. The molecular formula is C18H16N6O2. The summed E-state index contributed by atoms with van der Waals surface area (Å²) >= 11 is 0. The van der Waals surface area contributed by atoms with Gasteiger partial charge < -0.3 is 9.88 Å². The van der Waals surface area contributed by atoms with Crippen LogP contribution in [0.5, 0.6) is 0 Å². The Kier molecular flexibility index (Phi) is 4.14. The Bertz CT molecular complexity index is 953. The van der Waals surface area contributed by atoms with Gasteiger partial charge in [0.25, 0.3) is 0 Å². The van der Waals surface area contributed by atoms with Gasteiger partial charge in [-0.1, -0.05) is 24.3 Å². The van der Waals surface area contributed by atoms with Gasteiger partial charge in [-0.15, -0.1) is 10.2 Å². The molecular weight excluding hydrogens is 332 g/mol. The average molecular weight is 348 g/mol. The first kappa shape index (κ1) is 15.9. The quantitative estimate of drug-likeness (QED) is 0.748.